The van der Waals surface area contributed by atoms with Crippen LogP contribution in [0.1, 0.15) is 43.0 Å². The Morgan fingerprint density at radius 3 is 2.15 bits per heavy atom. The lowest BCUT2D eigenvalue weighted by Crippen LogP contribution is -2.40. The van der Waals surface area contributed by atoms with Gasteiger partial charge in [0.15, 0.2) is 0 Å². The molecule has 0 atom stereocenters. The molecule has 2 saturated heterocycles. The molecule has 0 aliphatic carbocycles. The first-order valence-electron chi connectivity index (χ1n) is 9.51. The van der Waals surface area contributed by atoms with E-state index in [0.29, 0.717) is 50.1 Å². The molecule has 26 heavy (non-hydrogen) atoms. The Kier molecular flexibility index (Phi) is 5.99. The van der Waals surface area contributed by atoms with Crippen molar-refractivity contribution in [1.29, 1.82) is 0 Å². The zero-order valence-corrected chi connectivity index (χ0v) is 16.2. The highest BCUT2D eigenvalue weighted by Crippen LogP contribution is 2.24. The number of carbonyl (C=O) groups excluding carboxylic acids is 1. The molecule has 144 valence electrons. The SMILES string of the molecule is CC1CCN(S(=O)(=O)c2ccc(C(=O)N3CCC(CN)CC3)cc2)CC1. The number of nitrogens with zero attached hydrogens (tertiary/aromatic N) is 2. The van der Waals surface area contributed by atoms with Gasteiger partial charge < -0.3 is 10.6 Å². The van der Waals surface area contributed by atoms with Crippen LogP contribution in [-0.2, 0) is 10.0 Å². The number of benzene rings is 1. The Morgan fingerprint density at radius 2 is 1.62 bits per heavy atom. The number of rotatable bonds is 4. The molecule has 0 saturated carbocycles. The topological polar surface area (TPSA) is 83.7 Å². The molecule has 1 amide bonds. The molecule has 3 rings (SSSR count). The number of nitrogens with two attached hydrogens (primary N) is 1. The maximum atomic E-state index is 12.8. The Hall–Kier alpha value is -1.44. The van der Waals surface area contributed by atoms with E-state index >= 15 is 0 Å². The van der Waals surface area contributed by atoms with E-state index < -0.39 is 10.0 Å². The fraction of sp³-hybridized carbons (Fsp3) is 0.632. The lowest BCUT2D eigenvalue weighted by atomic mass is 9.96. The van der Waals surface area contributed by atoms with Crippen LogP contribution in [0.3, 0.4) is 0 Å². The van der Waals surface area contributed by atoms with Gasteiger partial charge in [-0.25, -0.2) is 8.42 Å². The van der Waals surface area contributed by atoms with E-state index in [1.54, 1.807) is 28.6 Å². The van der Waals surface area contributed by atoms with Crippen molar-refractivity contribution in [2.75, 3.05) is 32.7 Å². The van der Waals surface area contributed by atoms with Crippen LogP contribution in [0.4, 0.5) is 0 Å². The molecule has 1 aromatic rings. The number of hydrogen-bond acceptors (Lipinski definition) is 4. The van der Waals surface area contributed by atoms with E-state index in [1.807, 2.05) is 4.90 Å². The molecule has 2 aliphatic heterocycles. The van der Waals surface area contributed by atoms with E-state index in [-0.39, 0.29) is 10.8 Å². The van der Waals surface area contributed by atoms with Crippen molar-refractivity contribution >= 4 is 15.9 Å². The highest BCUT2D eigenvalue weighted by atomic mass is 32.2. The van der Waals surface area contributed by atoms with Crippen LogP contribution >= 0.6 is 0 Å². The number of piperidine rings is 2. The quantitative estimate of drug-likeness (QED) is 0.866. The molecule has 2 N–H and O–H groups in total. The van der Waals surface area contributed by atoms with Crippen molar-refractivity contribution in [3.63, 3.8) is 0 Å². The van der Waals surface area contributed by atoms with Gasteiger partial charge >= 0.3 is 0 Å². The van der Waals surface area contributed by atoms with Gasteiger partial charge in [-0.05, 0) is 68.3 Å². The summed E-state index contributed by atoms with van der Waals surface area (Å²) in [6, 6.07) is 6.40. The molecule has 2 aliphatic rings. The molecule has 7 heteroatoms. The third-order valence-corrected chi connectivity index (χ3v) is 7.63. The summed E-state index contributed by atoms with van der Waals surface area (Å²) >= 11 is 0. The Labute approximate surface area is 156 Å². The van der Waals surface area contributed by atoms with Crippen LogP contribution in [0.25, 0.3) is 0 Å². The van der Waals surface area contributed by atoms with Gasteiger partial charge in [0.05, 0.1) is 4.90 Å². The predicted octanol–water partition coefficient (Wildman–Crippen LogP) is 1.92. The molecular formula is C19H29N3O3S. The fourth-order valence-electron chi connectivity index (χ4n) is 3.70. The minimum atomic E-state index is -3.47. The lowest BCUT2D eigenvalue weighted by molar-refractivity contribution is 0.0693. The molecule has 2 heterocycles. The van der Waals surface area contributed by atoms with Crippen molar-refractivity contribution in [1.82, 2.24) is 9.21 Å². The van der Waals surface area contributed by atoms with Crippen molar-refractivity contribution in [3.8, 4) is 0 Å². The Morgan fingerprint density at radius 1 is 1.04 bits per heavy atom. The normalized spacial score (nSPS) is 21.1. The lowest BCUT2D eigenvalue weighted by Gasteiger charge is -2.31. The fourth-order valence-corrected chi connectivity index (χ4v) is 5.17. The van der Waals surface area contributed by atoms with E-state index in [9.17, 15) is 13.2 Å². The minimum absolute atomic E-state index is 0.0313. The Bertz CT molecular complexity index is 717. The second-order valence-corrected chi connectivity index (χ2v) is 9.52. The van der Waals surface area contributed by atoms with Gasteiger partial charge in [-0.1, -0.05) is 6.92 Å². The summed E-state index contributed by atoms with van der Waals surface area (Å²) in [4.78, 5) is 14.7. The van der Waals surface area contributed by atoms with Crippen LogP contribution in [0.2, 0.25) is 0 Å². The van der Waals surface area contributed by atoms with E-state index in [0.717, 1.165) is 25.7 Å². The number of likely N-dealkylation sites (tertiary alicyclic amines) is 1. The largest absolute Gasteiger partial charge is 0.339 e. The predicted molar refractivity (Wildman–Crippen MR) is 101 cm³/mol. The minimum Gasteiger partial charge on any atom is -0.339 e. The highest BCUT2D eigenvalue weighted by Gasteiger charge is 2.28. The molecular weight excluding hydrogens is 350 g/mol. The maximum absolute atomic E-state index is 12.8. The summed E-state index contributed by atoms with van der Waals surface area (Å²) in [7, 11) is -3.47. The van der Waals surface area contributed by atoms with E-state index in [4.69, 9.17) is 5.73 Å². The van der Waals surface area contributed by atoms with Crippen molar-refractivity contribution in [2.45, 2.75) is 37.5 Å². The first-order valence-corrected chi connectivity index (χ1v) is 11.0. The second-order valence-electron chi connectivity index (χ2n) is 7.58. The van der Waals surface area contributed by atoms with Gasteiger partial charge in [0, 0.05) is 31.7 Å². The molecule has 0 unspecified atom stereocenters. The molecule has 6 nitrogen and oxygen atoms in total. The zero-order chi connectivity index (χ0) is 18.7. The molecule has 0 spiro atoms. The molecule has 0 bridgehead atoms. The molecule has 1 aromatic carbocycles. The first-order chi connectivity index (χ1) is 12.4. The van der Waals surface area contributed by atoms with E-state index in [2.05, 4.69) is 6.92 Å². The van der Waals surface area contributed by atoms with Gasteiger partial charge in [-0.3, -0.25) is 4.79 Å². The zero-order valence-electron chi connectivity index (χ0n) is 15.4. The highest BCUT2D eigenvalue weighted by molar-refractivity contribution is 7.89. The smallest absolute Gasteiger partial charge is 0.253 e. The monoisotopic (exact) mass is 379 g/mol. The Balaban J connectivity index is 1.67. The average molecular weight is 380 g/mol. The van der Waals surface area contributed by atoms with E-state index in [1.165, 1.54) is 0 Å². The first kappa shape index (κ1) is 19.3. The number of carbonyl (C=O) groups is 1. The maximum Gasteiger partial charge on any atom is 0.253 e. The summed E-state index contributed by atoms with van der Waals surface area (Å²) in [5.74, 6) is 1.04. The third-order valence-electron chi connectivity index (χ3n) is 5.72. The van der Waals surface area contributed by atoms with Crippen molar-refractivity contribution in [3.05, 3.63) is 29.8 Å². The summed E-state index contributed by atoms with van der Waals surface area (Å²) < 4.78 is 27.1. The van der Waals surface area contributed by atoms with Crippen LogP contribution in [0.15, 0.2) is 29.2 Å². The summed E-state index contributed by atoms with van der Waals surface area (Å²) in [6.45, 7) is 5.39. The molecule has 0 aromatic heterocycles. The third kappa shape index (κ3) is 4.10. The number of hydrogen-bond donors (Lipinski definition) is 1. The van der Waals surface area contributed by atoms with Gasteiger partial charge in [-0.15, -0.1) is 0 Å². The summed E-state index contributed by atoms with van der Waals surface area (Å²) in [6.07, 6.45) is 3.66. The number of sulfonamides is 1. The summed E-state index contributed by atoms with van der Waals surface area (Å²) in [5.41, 5.74) is 6.24. The average Bonchev–Trinajstić information content (AvgIpc) is 2.68. The van der Waals surface area contributed by atoms with Gasteiger partial charge in [0.25, 0.3) is 5.91 Å². The van der Waals surface area contributed by atoms with Crippen LogP contribution in [-0.4, -0.2) is 56.3 Å². The molecule has 0 radical (unpaired) electrons. The number of amides is 1. The van der Waals surface area contributed by atoms with Gasteiger partial charge in [-0.2, -0.15) is 4.31 Å². The van der Waals surface area contributed by atoms with Gasteiger partial charge in [0.1, 0.15) is 0 Å². The van der Waals surface area contributed by atoms with Gasteiger partial charge in [0.2, 0.25) is 10.0 Å². The standard InChI is InChI=1S/C19H29N3O3S/c1-15-6-12-22(13-7-15)26(24,25)18-4-2-17(3-5-18)19(23)21-10-8-16(14-20)9-11-21/h2-5,15-16H,6-14,20H2,1H3. The van der Waals surface area contributed by atoms with Crippen LogP contribution < -0.4 is 5.73 Å². The van der Waals surface area contributed by atoms with Crippen LogP contribution in [0, 0.1) is 11.8 Å². The van der Waals surface area contributed by atoms with Crippen LogP contribution in [0.5, 0.6) is 0 Å². The van der Waals surface area contributed by atoms with Crippen molar-refractivity contribution < 1.29 is 13.2 Å². The molecule has 2 fully saturated rings. The summed E-state index contributed by atoms with van der Waals surface area (Å²) in [5, 5.41) is 0. The van der Waals surface area contributed by atoms with Crippen molar-refractivity contribution in [2.24, 2.45) is 17.6 Å². The second kappa shape index (κ2) is 8.06.